The molecule has 1 aromatic carbocycles. The van der Waals surface area contributed by atoms with Crippen molar-refractivity contribution in [1.82, 2.24) is 4.98 Å². The molecular formula is C16H15N3O6S. The molecule has 1 aromatic heterocycles. The zero-order valence-corrected chi connectivity index (χ0v) is 14.7. The molecule has 0 atom stereocenters. The number of methoxy groups -OCH3 is 1. The number of nitrogens with zero attached hydrogens (tertiary/aromatic N) is 2. The lowest BCUT2D eigenvalue weighted by atomic mass is 10.2. The minimum absolute atomic E-state index is 0.121. The monoisotopic (exact) mass is 377 g/mol. The van der Waals surface area contributed by atoms with Crippen LogP contribution in [-0.2, 0) is 9.53 Å². The number of aromatic nitrogens is 1. The quantitative estimate of drug-likeness (QED) is 0.338. The summed E-state index contributed by atoms with van der Waals surface area (Å²) >= 11 is 1.29. The summed E-state index contributed by atoms with van der Waals surface area (Å²) in [7, 11) is 1.32. The molecule has 1 amide bonds. The van der Waals surface area contributed by atoms with E-state index in [2.05, 4.69) is 10.3 Å². The maximum Gasteiger partial charge on any atom is 0.341 e. The van der Waals surface area contributed by atoms with Crippen LogP contribution in [0.15, 0.2) is 41.6 Å². The second-order valence-electron chi connectivity index (χ2n) is 4.83. The molecule has 0 aliphatic rings. The summed E-state index contributed by atoms with van der Waals surface area (Å²) in [5.74, 6) is -1.16. The van der Waals surface area contributed by atoms with Gasteiger partial charge in [-0.05, 0) is 24.5 Å². The highest BCUT2D eigenvalue weighted by atomic mass is 32.2. The van der Waals surface area contributed by atoms with E-state index in [1.165, 1.54) is 37.1 Å². The highest BCUT2D eigenvalue weighted by Gasteiger charge is 2.17. The van der Waals surface area contributed by atoms with Crippen LogP contribution in [0.1, 0.15) is 10.4 Å². The van der Waals surface area contributed by atoms with Gasteiger partial charge in [-0.3, -0.25) is 14.9 Å². The van der Waals surface area contributed by atoms with Gasteiger partial charge in [-0.15, -0.1) is 11.8 Å². The van der Waals surface area contributed by atoms with Gasteiger partial charge in [-0.1, -0.05) is 0 Å². The third-order valence-corrected chi connectivity index (χ3v) is 3.90. The zero-order valence-electron chi connectivity index (χ0n) is 13.9. The number of nitro groups is 1. The Hall–Kier alpha value is -3.14. The van der Waals surface area contributed by atoms with Crippen molar-refractivity contribution >= 4 is 35.0 Å². The molecule has 0 saturated carbocycles. The van der Waals surface area contributed by atoms with Gasteiger partial charge < -0.3 is 14.8 Å². The van der Waals surface area contributed by atoms with E-state index in [1.807, 2.05) is 0 Å². The number of anilines is 1. The largest absolute Gasteiger partial charge is 0.494 e. The number of hydrogen-bond acceptors (Lipinski definition) is 8. The molecule has 0 radical (unpaired) electrons. The number of rotatable bonds is 7. The first-order valence-corrected chi connectivity index (χ1v) is 8.47. The predicted octanol–water partition coefficient (Wildman–Crippen LogP) is 2.52. The molecule has 26 heavy (non-hydrogen) atoms. The Labute approximate surface area is 152 Å². The van der Waals surface area contributed by atoms with E-state index in [0.29, 0.717) is 5.03 Å². The number of pyridine rings is 1. The molecule has 2 rings (SSSR count). The van der Waals surface area contributed by atoms with Gasteiger partial charge in [0, 0.05) is 12.3 Å². The van der Waals surface area contributed by atoms with Crippen LogP contribution in [0.5, 0.6) is 5.75 Å². The summed E-state index contributed by atoms with van der Waals surface area (Å²) in [6.45, 7) is -0.526. The first kappa shape index (κ1) is 19.2. The minimum Gasteiger partial charge on any atom is -0.494 e. The van der Waals surface area contributed by atoms with Crippen molar-refractivity contribution in [1.29, 1.82) is 0 Å². The number of esters is 1. The van der Waals surface area contributed by atoms with E-state index in [0.717, 1.165) is 0 Å². The Balaban J connectivity index is 2.01. The van der Waals surface area contributed by atoms with Crippen LogP contribution >= 0.6 is 11.8 Å². The second kappa shape index (κ2) is 8.81. The molecule has 0 bridgehead atoms. The fraction of sp³-hybridized carbons (Fsp3) is 0.188. The number of hydrogen-bond donors (Lipinski definition) is 1. The van der Waals surface area contributed by atoms with Gasteiger partial charge in [0.2, 0.25) is 0 Å². The fourth-order valence-corrected chi connectivity index (χ4v) is 2.54. The highest BCUT2D eigenvalue weighted by molar-refractivity contribution is 7.98. The number of ether oxygens (including phenoxy) is 2. The molecule has 9 nitrogen and oxygen atoms in total. The maximum absolute atomic E-state index is 12.1. The number of carbonyl (C=O) groups is 2. The Morgan fingerprint density at radius 2 is 2.12 bits per heavy atom. The van der Waals surface area contributed by atoms with Gasteiger partial charge in [0.25, 0.3) is 11.6 Å². The van der Waals surface area contributed by atoms with Crippen LogP contribution in [-0.4, -0.2) is 41.8 Å². The molecular weight excluding hydrogens is 362 g/mol. The van der Waals surface area contributed by atoms with Gasteiger partial charge in [0.1, 0.15) is 10.8 Å². The smallest absolute Gasteiger partial charge is 0.341 e. The predicted molar refractivity (Wildman–Crippen MR) is 94.6 cm³/mol. The third kappa shape index (κ3) is 4.70. The number of amides is 1. The van der Waals surface area contributed by atoms with Crippen molar-refractivity contribution in [2.45, 2.75) is 5.03 Å². The van der Waals surface area contributed by atoms with Crippen molar-refractivity contribution in [2.24, 2.45) is 0 Å². The number of benzene rings is 1. The lowest BCUT2D eigenvalue weighted by molar-refractivity contribution is -0.384. The lowest BCUT2D eigenvalue weighted by Gasteiger charge is -2.10. The van der Waals surface area contributed by atoms with Gasteiger partial charge in [-0.2, -0.15) is 0 Å². The average Bonchev–Trinajstić information content (AvgIpc) is 2.66. The first-order chi connectivity index (χ1) is 12.5. The zero-order chi connectivity index (χ0) is 19.1. The van der Waals surface area contributed by atoms with Crippen molar-refractivity contribution < 1.29 is 24.0 Å². The van der Waals surface area contributed by atoms with Gasteiger partial charge in [-0.25, -0.2) is 9.78 Å². The Kier molecular flexibility index (Phi) is 6.50. The van der Waals surface area contributed by atoms with E-state index >= 15 is 0 Å². The van der Waals surface area contributed by atoms with Crippen LogP contribution in [0.25, 0.3) is 0 Å². The molecule has 0 fully saturated rings. The molecule has 1 N–H and O–H groups in total. The van der Waals surface area contributed by atoms with Crippen LogP contribution in [0.3, 0.4) is 0 Å². The summed E-state index contributed by atoms with van der Waals surface area (Å²) in [4.78, 5) is 38.3. The van der Waals surface area contributed by atoms with Crippen molar-refractivity contribution in [3.8, 4) is 5.75 Å². The van der Waals surface area contributed by atoms with Crippen LogP contribution in [0.2, 0.25) is 0 Å². The van der Waals surface area contributed by atoms with E-state index in [-0.39, 0.29) is 22.7 Å². The molecule has 0 saturated heterocycles. The normalized spacial score (nSPS) is 10.1. The minimum atomic E-state index is -0.673. The second-order valence-corrected chi connectivity index (χ2v) is 5.62. The molecule has 0 unspecified atom stereocenters. The van der Waals surface area contributed by atoms with E-state index in [9.17, 15) is 19.7 Å². The highest BCUT2D eigenvalue weighted by Crippen LogP contribution is 2.28. The number of thioether (sulfide) groups is 1. The van der Waals surface area contributed by atoms with Crippen LogP contribution in [0.4, 0.5) is 11.4 Å². The third-order valence-electron chi connectivity index (χ3n) is 3.19. The van der Waals surface area contributed by atoms with E-state index in [1.54, 1.807) is 24.6 Å². The van der Waals surface area contributed by atoms with E-state index < -0.39 is 23.4 Å². The van der Waals surface area contributed by atoms with E-state index in [4.69, 9.17) is 9.47 Å². The number of nitro benzene ring substituents is 1. The fourth-order valence-electron chi connectivity index (χ4n) is 2.00. The Bertz CT molecular complexity index is 842. The number of carbonyl (C=O) groups excluding carboxylic acids is 2. The Morgan fingerprint density at radius 1 is 1.35 bits per heavy atom. The van der Waals surface area contributed by atoms with Crippen molar-refractivity contribution in [3.05, 3.63) is 52.2 Å². The summed E-state index contributed by atoms with van der Waals surface area (Å²) in [6.07, 6.45) is 3.32. The lowest BCUT2D eigenvalue weighted by Crippen LogP contribution is -2.21. The van der Waals surface area contributed by atoms with Crippen LogP contribution in [0, 0.1) is 10.1 Å². The van der Waals surface area contributed by atoms with Gasteiger partial charge in [0.05, 0.1) is 29.4 Å². The molecule has 10 heteroatoms. The summed E-state index contributed by atoms with van der Waals surface area (Å²) < 4.78 is 10.0. The average molecular weight is 377 g/mol. The summed E-state index contributed by atoms with van der Waals surface area (Å²) in [6, 6.07) is 6.90. The first-order valence-electron chi connectivity index (χ1n) is 7.24. The maximum atomic E-state index is 12.1. The molecule has 0 aliphatic carbocycles. The van der Waals surface area contributed by atoms with Crippen molar-refractivity contribution in [2.75, 3.05) is 25.3 Å². The number of nitrogens with one attached hydrogen (secondary N) is 1. The molecule has 2 aromatic rings. The van der Waals surface area contributed by atoms with Crippen molar-refractivity contribution in [3.63, 3.8) is 0 Å². The van der Waals surface area contributed by atoms with Gasteiger partial charge in [0.15, 0.2) is 6.61 Å². The van der Waals surface area contributed by atoms with Gasteiger partial charge >= 0.3 is 5.97 Å². The SMILES string of the molecule is COc1cc([N+](=O)[O-])ccc1NC(=O)COC(=O)c1cccnc1SC. The van der Waals surface area contributed by atoms with Crippen LogP contribution < -0.4 is 10.1 Å². The molecule has 1 heterocycles. The standard InChI is InChI=1S/C16H15N3O6S/c1-24-13-8-10(19(22)23)5-6-12(13)18-14(20)9-25-16(21)11-4-3-7-17-15(11)26-2/h3-8H,9H2,1-2H3,(H,18,20). The summed E-state index contributed by atoms with van der Waals surface area (Å²) in [5, 5.41) is 13.7. The topological polar surface area (TPSA) is 121 Å². The molecule has 0 spiro atoms. The number of non-ortho nitro benzene ring substituents is 1. The Morgan fingerprint density at radius 3 is 2.77 bits per heavy atom. The molecule has 0 aliphatic heterocycles. The summed E-state index contributed by atoms with van der Waals surface area (Å²) in [5.41, 5.74) is 0.318. The molecule has 136 valence electrons.